The van der Waals surface area contributed by atoms with Crippen LogP contribution in [0, 0.1) is 10.8 Å². The monoisotopic (exact) mass is 449 g/mol. The fourth-order valence-corrected chi connectivity index (χ4v) is 3.65. The van der Waals surface area contributed by atoms with Gasteiger partial charge in [-0.2, -0.15) is 0 Å². The number of aromatic nitrogens is 1. The number of H-pyrrole nitrogens is 1. The number of carbonyl (C=O) groups is 2. The summed E-state index contributed by atoms with van der Waals surface area (Å²) in [5, 5.41) is 28.0. The van der Waals surface area contributed by atoms with Gasteiger partial charge in [-0.3, -0.25) is 15.6 Å². The molecule has 1 unspecified atom stereocenters. The molecule has 1 amide bonds. The van der Waals surface area contributed by atoms with E-state index >= 15 is 0 Å². The molecule has 1 atom stereocenters. The summed E-state index contributed by atoms with van der Waals surface area (Å²) in [6.45, 7) is 0.334. The molecule has 1 heterocycles. The largest absolute Gasteiger partial charge is 0.480 e. The molecule has 1 aromatic heterocycles. The Balaban J connectivity index is 2.01. The summed E-state index contributed by atoms with van der Waals surface area (Å²) in [5.74, 6) is -1.68. The van der Waals surface area contributed by atoms with Crippen molar-refractivity contribution in [2.24, 2.45) is 17.2 Å². The van der Waals surface area contributed by atoms with E-state index in [1.807, 2.05) is 0 Å². The molecule has 0 aliphatic carbocycles. The number of aromatic amines is 1. The fraction of sp³-hybridized carbons (Fsp3) is 0.217. The van der Waals surface area contributed by atoms with Crippen LogP contribution in [0.3, 0.4) is 0 Å². The Labute approximate surface area is 190 Å². The number of fused-ring (bicyclic) bond motifs is 1. The van der Waals surface area contributed by atoms with Crippen molar-refractivity contribution >= 4 is 34.5 Å². The second kappa shape index (κ2) is 9.96. The number of nitrogens with two attached hydrogens (primary N) is 3. The van der Waals surface area contributed by atoms with Gasteiger partial charge in [0.15, 0.2) is 0 Å². The van der Waals surface area contributed by atoms with Gasteiger partial charge >= 0.3 is 5.97 Å². The zero-order valence-corrected chi connectivity index (χ0v) is 17.9. The minimum absolute atomic E-state index is 0.0545. The average Bonchev–Trinajstić information content (AvgIpc) is 3.13. The maximum atomic E-state index is 12.8. The van der Waals surface area contributed by atoms with Gasteiger partial charge in [0.05, 0.1) is 12.1 Å². The molecule has 3 aromatic rings. The molecule has 3 rings (SSSR count). The van der Waals surface area contributed by atoms with Crippen LogP contribution in [-0.4, -0.2) is 46.2 Å². The van der Waals surface area contributed by atoms with Crippen molar-refractivity contribution in [1.29, 1.82) is 10.8 Å². The number of benzene rings is 2. The van der Waals surface area contributed by atoms with Crippen LogP contribution in [0.25, 0.3) is 22.2 Å². The van der Waals surface area contributed by atoms with Gasteiger partial charge in [0, 0.05) is 22.0 Å². The SMILES string of the molecule is N=C(N)c1ccc(-c2[nH]c3cc(C(=N)N)ccc3c2CC(=O)NC(CCCN)C(=O)O)cc1. The minimum Gasteiger partial charge on any atom is -0.480 e. The molecule has 10 heteroatoms. The number of rotatable bonds is 10. The van der Waals surface area contributed by atoms with Crippen molar-refractivity contribution < 1.29 is 14.7 Å². The predicted molar refractivity (Wildman–Crippen MR) is 127 cm³/mol. The van der Waals surface area contributed by atoms with Crippen LogP contribution in [0.2, 0.25) is 0 Å². The molecule has 11 N–H and O–H groups in total. The predicted octanol–water partition coefficient (Wildman–Crippen LogP) is 1.25. The molecular formula is C23H27N7O3. The summed E-state index contributed by atoms with van der Waals surface area (Å²) in [6, 6.07) is 11.2. The average molecular weight is 450 g/mol. The van der Waals surface area contributed by atoms with E-state index in [9.17, 15) is 14.7 Å². The maximum absolute atomic E-state index is 12.8. The van der Waals surface area contributed by atoms with Crippen LogP contribution in [0.4, 0.5) is 0 Å². The van der Waals surface area contributed by atoms with Crippen LogP contribution < -0.4 is 22.5 Å². The number of amidine groups is 2. The van der Waals surface area contributed by atoms with Gasteiger partial charge in [-0.05, 0) is 36.6 Å². The normalized spacial score (nSPS) is 11.8. The quantitative estimate of drug-likeness (QED) is 0.168. The molecule has 0 bridgehead atoms. The third kappa shape index (κ3) is 5.36. The van der Waals surface area contributed by atoms with Gasteiger partial charge in [0.1, 0.15) is 17.7 Å². The summed E-state index contributed by atoms with van der Waals surface area (Å²) < 4.78 is 0. The Morgan fingerprint density at radius 1 is 1.03 bits per heavy atom. The lowest BCUT2D eigenvalue weighted by Crippen LogP contribution is -2.41. The summed E-state index contributed by atoms with van der Waals surface area (Å²) in [7, 11) is 0. The van der Waals surface area contributed by atoms with Crippen LogP contribution in [0.1, 0.15) is 29.5 Å². The number of nitrogens with one attached hydrogen (secondary N) is 4. The van der Waals surface area contributed by atoms with Crippen LogP contribution in [-0.2, 0) is 16.0 Å². The lowest BCUT2D eigenvalue weighted by molar-refractivity contribution is -0.141. The highest BCUT2D eigenvalue weighted by molar-refractivity contribution is 6.02. The Hall–Kier alpha value is -4.18. The highest BCUT2D eigenvalue weighted by Crippen LogP contribution is 2.31. The summed E-state index contributed by atoms with van der Waals surface area (Å²) in [6.07, 6.45) is 0.661. The standard InChI is InChI=1S/C23H27N7O3/c24-9-1-2-17(23(32)33)29-19(31)11-16-15-8-7-14(22(27)28)10-18(15)30-20(16)12-3-5-13(6-4-12)21(25)26/h3-8,10,17,30H,1-2,9,11,24H2,(H3,25,26)(H3,27,28)(H,29,31)(H,32,33). The summed E-state index contributed by atoms with van der Waals surface area (Å²) in [5.41, 5.74) is 20.5. The van der Waals surface area contributed by atoms with Crippen LogP contribution in [0.5, 0.6) is 0 Å². The van der Waals surface area contributed by atoms with Gasteiger partial charge < -0.3 is 32.6 Å². The van der Waals surface area contributed by atoms with Gasteiger partial charge in [-0.15, -0.1) is 0 Å². The van der Waals surface area contributed by atoms with E-state index in [0.717, 1.165) is 10.9 Å². The highest BCUT2D eigenvalue weighted by atomic mass is 16.4. The molecule has 0 spiro atoms. The lowest BCUT2D eigenvalue weighted by atomic mass is 10.00. The van der Waals surface area contributed by atoms with E-state index in [4.69, 9.17) is 28.0 Å². The zero-order valence-electron chi connectivity index (χ0n) is 17.9. The topological polar surface area (TPSA) is 208 Å². The first kappa shape index (κ1) is 23.5. The van der Waals surface area contributed by atoms with Crippen molar-refractivity contribution in [2.45, 2.75) is 25.3 Å². The fourth-order valence-electron chi connectivity index (χ4n) is 3.65. The van der Waals surface area contributed by atoms with Crippen molar-refractivity contribution in [3.8, 4) is 11.3 Å². The Kier molecular flexibility index (Phi) is 7.09. The van der Waals surface area contributed by atoms with Gasteiger partial charge in [0.2, 0.25) is 5.91 Å². The van der Waals surface area contributed by atoms with E-state index in [1.165, 1.54) is 0 Å². The number of carbonyl (C=O) groups excluding carboxylic acids is 1. The van der Waals surface area contributed by atoms with E-state index in [2.05, 4.69) is 10.3 Å². The highest BCUT2D eigenvalue weighted by Gasteiger charge is 2.22. The third-order valence-corrected chi connectivity index (χ3v) is 5.37. The second-order valence-corrected chi connectivity index (χ2v) is 7.71. The van der Waals surface area contributed by atoms with E-state index in [0.29, 0.717) is 40.9 Å². The van der Waals surface area contributed by atoms with E-state index < -0.39 is 17.9 Å². The Morgan fingerprint density at radius 2 is 1.67 bits per heavy atom. The lowest BCUT2D eigenvalue weighted by Gasteiger charge is -2.14. The Bertz CT molecular complexity index is 1210. The number of amides is 1. The van der Waals surface area contributed by atoms with E-state index in [1.54, 1.807) is 42.5 Å². The molecule has 0 fully saturated rings. The maximum Gasteiger partial charge on any atom is 0.326 e. The molecule has 0 saturated carbocycles. The molecule has 0 radical (unpaired) electrons. The van der Waals surface area contributed by atoms with Gasteiger partial charge in [-0.1, -0.05) is 36.4 Å². The number of aliphatic carboxylic acids is 1. The van der Waals surface area contributed by atoms with Crippen molar-refractivity contribution in [3.05, 3.63) is 59.2 Å². The molecule has 172 valence electrons. The van der Waals surface area contributed by atoms with Crippen LogP contribution >= 0.6 is 0 Å². The first-order valence-corrected chi connectivity index (χ1v) is 10.4. The molecule has 0 aliphatic heterocycles. The number of hydrogen-bond acceptors (Lipinski definition) is 5. The first-order valence-electron chi connectivity index (χ1n) is 10.4. The molecule has 2 aromatic carbocycles. The van der Waals surface area contributed by atoms with Crippen LogP contribution in [0.15, 0.2) is 42.5 Å². The third-order valence-electron chi connectivity index (χ3n) is 5.37. The zero-order chi connectivity index (χ0) is 24.1. The smallest absolute Gasteiger partial charge is 0.326 e. The number of hydrogen-bond donors (Lipinski definition) is 8. The van der Waals surface area contributed by atoms with Crippen molar-refractivity contribution in [1.82, 2.24) is 10.3 Å². The van der Waals surface area contributed by atoms with Crippen molar-refractivity contribution in [2.75, 3.05) is 6.54 Å². The first-order chi connectivity index (χ1) is 15.7. The summed E-state index contributed by atoms with van der Waals surface area (Å²) in [4.78, 5) is 27.6. The molecule has 33 heavy (non-hydrogen) atoms. The Morgan fingerprint density at radius 3 is 2.24 bits per heavy atom. The summed E-state index contributed by atoms with van der Waals surface area (Å²) >= 11 is 0. The number of carboxylic acids is 1. The van der Waals surface area contributed by atoms with Gasteiger partial charge in [0.25, 0.3) is 0 Å². The molecule has 0 aliphatic rings. The minimum atomic E-state index is -1.11. The molecular weight excluding hydrogens is 422 g/mol. The second-order valence-electron chi connectivity index (χ2n) is 7.71. The molecule has 0 saturated heterocycles. The van der Waals surface area contributed by atoms with Crippen molar-refractivity contribution in [3.63, 3.8) is 0 Å². The van der Waals surface area contributed by atoms with E-state index in [-0.39, 0.29) is 24.5 Å². The number of carboxylic acid groups (broad SMARTS) is 1. The molecule has 10 nitrogen and oxygen atoms in total. The van der Waals surface area contributed by atoms with Gasteiger partial charge in [-0.25, -0.2) is 4.79 Å². The number of nitrogen functional groups attached to an aromatic ring is 2.